The number of hydrogen-bond donors (Lipinski definition) is 2. The van der Waals surface area contributed by atoms with E-state index >= 15 is 0 Å². The lowest BCUT2D eigenvalue weighted by Gasteiger charge is -2.05. The molecule has 0 fully saturated rings. The van der Waals surface area contributed by atoms with Gasteiger partial charge in [-0.2, -0.15) is 0 Å². The molecule has 2 aromatic rings. The van der Waals surface area contributed by atoms with E-state index in [1.807, 2.05) is 0 Å². The normalized spacial score (nSPS) is 10.7. The average Bonchev–Trinajstić information content (AvgIpc) is 2.69. The summed E-state index contributed by atoms with van der Waals surface area (Å²) >= 11 is 7.04. The van der Waals surface area contributed by atoms with Crippen molar-refractivity contribution in [1.82, 2.24) is 10.3 Å². The second-order valence-electron chi connectivity index (χ2n) is 3.51. The lowest BCUT2D eigenvalue weighted by molar-refractivity contribution is 0.619. The molecule has 0 spiro atoms. The monoisotopic (exact) mass is 272 g/mol. The lowest BCUT2D eigenvalue weighted by atomic mass is 10.2. The first-order valence-corrected chi connectivity index (χ1v) is 6.22. The average molecular weight is 273 g/mol. The molecule has 0 bridgehead atoms. The second-order valence-corrected chi connectivity index (χ2v) is 4.76. The van der Waals surface area contributed by atoms with Crippen LogP contribution in [0.4, 0.5) is 4.39 Å². The van der Waals surface area contributed by atoms with Gasteiger partial charge in [0.15, 0.2) is 0 Å². The number of rotatable bonds is 4. The van der Waals surface area contributed by atoms with Crippen molar-refractivity contribution in [3.05, 3.63) is 55.3 Å². The molecule has 90 valence electrons. The molecule has 1 heterocycles. The topological polar surface area (TPSA) is 44.9 Å². The number of halogens is 2. The Labute approximate surface area is 106 Å². The third kappa shape index (κ3) is 3.39. The minimum atomic E-state index is -0.310. The Bertz CT molecular complexity index is 567. The van der Waals surface area contributed by atoms with Crippen LogP contribution in [0, 0.1) is 5.82 Å². The number of aromatic amines is 1. The lowest BCUT2D eigenvalue weighted by Crippen LogP contribution is -2.14. The molecule has 3 nitrogen and oxygen atoms in total. The van der Waals surface area contributed by atoms with Gasteiger partial charge in [0.05, 0.1) is 0 Å². The summed E-state index contributed by atoms with van der Waals surface area (Å²) in [7, 11) is 0. The Balaban J connectivity index is 1.94. The van der Waals surface area contributed by atoms with Gasteiger partial charge in [-0.3, -0.25) is 4.79 Å². The van der Waals surface area contributed by atoms with Crippen LogP contribution in [0.3, 0.4) is 0 Å². The number of thiazole rings is 1. The fourth-order valence-corrected chi connectivity index (χ4v) is 2.18. The molecule has 0 aliphatic rings. The highest BCUT2D eigenvalue weighted by Gasteiger charge is 2.02. The Morgan fingerprint density at radius 1 is 1.41 bits per heavy atom. The SMILES string of the molecule is O=c1[nH]c(CNCc2cc(F)ccc2Cl)cs1. The van der Waals surface area contributed by atoms with Crippen molar-refractivity contribution in [2.75, 3.05) is 0 Å². The maximum absolute atomic E-state index is 13.0. The van der Waals surface area contributed by atoms with Crippen LogP contribution in [-0.4, -0.2) is 4.98 Å². The van der Waals surface area contributed by atoms with Crippen LogP contribution in [-0.2, 0) is 13.1 Å². The molecule has 0 saturated carbocycles. The van der Waals surface area contributed by atoms with E-state index in [9.17, 15) is 9.18 Å². The van der Waals surface area contributed by atoms with E-state index in [2.05, 4.69) is 10.3 Å². The minimum Gasteiger partial charge on any atom is -0.315 e. The number of nitrogens with one attached hydrogen (secondary N) is 2. The van der Waals surface area contributed by atoms with Crippen LogP contribution in [0.15, 0.2) is 28.4 Å². The van der Waals surface area contributed by atoms with Crippen LogP contribution >= 0.6 is 22.9 Å². The highest BCUT2D eigenvalue weighted by molar-refractivity contribution is 7.07. The third-order valence-corrected chi connectivity index (χ3v) is 3.30. The van der Waals surface area contributed by atoms with Crippen LogP contribution in [0.1, 0.15) is 11.3 Å². The van der Waals surface area contributed by atoms with Gasteiger partial charge < -0.3 is 10.3 Å². The molecular weight excluding hydrogens is 263 g/mol. The largest absolute Gasteiger partial charge is 0.315 e. The summed E-state index contributed by atoms with van der Waals surface area (Å²) < 4.78 is 13.0. The van der Waals surface area contributed by atoms with E-state index in [-0.39, 0.29) is 10.7 Å². The first-order chi connectivity index (χ1) is 8.15. The van der Waals surface area contributed by atoms with Gasteiger partial charge in [-0.05, 0) is 23.8 Å². The van der Waals surface area contributed by atoms with Gasteiger partial charge in [0.2, 0.25) is 0 Å². The smallest absolute Gasteiger partial charge is 0.304 e. The van der Waals surface area contributed by atoms with Crippen LogP contribution in [0.25, 0.3) is 0 Å². The van der Waals surface area contributed by atoms with Gasteiger partial charge in [0.25, 0.3) is 0 Å². The van der Waals surface area contributed by atoms with Crippen LogP contribution < -0.4 is 10.2 Å². The summed E-state index contributed by atoms with van der Waals surface area (Å²) in [6.45, 7) is 0.972. The summed E-state index contributed by atoms with van der Waals surface area (Å²) in [6.07, 6.45) is 0. The fourth-order valence-electron chi connectivity index (χ4n) is 1.41. The van der Waals surface area contributed by atoms with E-state index < -0.39 is 0 Å². The van der Waals surface area contributed by atoms with Crippen LogP contribution in [0.2, 0.25) is 5.02 Å². The maximum atomic E-state index is 13.0. The Morgan fingerprint density at radius 3 is 2.94 bits per heavy atom. The molecule has 2 N–H and O–H groups in total. The summed E-state index contributed by atoms with van der Waals surface area (Å²) in [6, 6.07) is 4.24. The van der Waals surface area contributed by atoms with Crippen molar-refractivity contribution in [3.63, 3.8) is 0 Å². The maximum Gasteiger partial charge on any atom is 0.304 e. The van der Waals surface area contributed by atoms with Crippen molar-refractivity contribution in [3.8, 4) is 0 Å². The van der Waals surface area contributed by atoms with E-state index in [1.54, 1.807) is 5.38 Å². The quantitative estimate of drug-likeness (QED) is 0.898. The molecule has 0 aliphatic carbocycles. The molecule has 0 radical (unpaired) electrons. The van der Waals surface area contributed by atoms with E-state index in [1.165, 1.54) is 18.2 Å². The Morgan fingerprint density at radius 2 is 2.24 bits per heavy atom. The van der Waals surface area contributed by atoms with Gasteiger partial charge in [-0.15, -0.1) is 0 Å². The van der Waals surface area contributed by atoms with Crippen molar-refractivity contribution in [1.29, 1.82) is 0 Å². The molecule has 0 unspecified atom stereocenters. The highest BCUT2D eigenvalue weighted by Crippen LogP contribution is 2.16. The first-order valence-electron chi connectivity index (χ1n) is 4.96. The first kappa shape index (κ1) is 12.3. The standard InChI is InChI=1S/C11H10ClFN2OS/c12-10-2-1-8(13)3-7(10)4-14-5-9-6-17-11(16)15-9/h1-3,6,14H,4-5H2,(H,15,16). The summed E-state index contributed by atoms with van der Waals surface area (Å²) in [5.41, 5.74) is 1.51. The van der Waals surface area contributed by atoms with Gasteiger partial charge in [0, 0.05) is 29.2 Å². The van der Waals surface area contributed by atoms with Crippen molar-refractivity contribution >= 4 is 22.9 Å². The van der Waals surface area contributed by atoms with Crippen LogP contribution in [0.5, 0.6) is 0 Å². The van der Waals surface area contributed by atoms with E-state index in [0.717, 1.165) is 17.0 Å². The Kier molecular flexibility index (Phi) is 3.93. The molecule has 2 rings (SSSR count). The molecule has 0 atom stereocenters. The zero-order valence-corrected chi connectivity index (χ0v) is 10.4. The van der Waals surface area contributed by atoms with Crippen molar-refractivity contribution in [2.45, 2.75) is 13.1 Å². The van der Waals surface area contributed by atoms with E-state index in [4.69, 9.17) is 11.6 Å². The van der Waals surface area contributed by atoms with E-state index in [0.29, 0.717) is 23.7 Å². The number of benzene rings is 1. The predicted molar refractivity (Wildman–Crippen MR) is 66.9 cm³/mol. The number of H-pyrrole nitrogens is 1. The van der Waals surface area contributed by atoms with Gasteiger partial charge in [-0.1, -0.05) is 22.9 Å². The van der Waals surface area contributed by atoms with Crippen molar-refractivity contribution in [2.24, 2.45) is 0 Å². The van der Waals surface area contributed by atoms with Gasteiger partial charge in [-0.25, -0.2) is 4.39 Å². The summed E-state index contributed by atoms with van der Waals surface area (Å²) in [5.74, 6) is -0.310. The zero-order valence-electron chi connectivity index (χ0n) is 8.80. The second kappa shape index (κ2) is 5.44. The van der Waals surface area contributed by atoms with Gasteiger partial charge in [0.1, 0.15) is 5.82 Å². The zero-order chi connectivity index (χ0) is 12.3. The third-order valence-electron chi connectivity index (χ3n) is 2.21. The molecule has 17 heavy (non-hydrogen) atoms. The Hall–Kier alpha value is -1.17. The molecule has 6 heteroatoms. The summed E-state index contributed by atoms with van der Waals surface area (Å²) in [5, 5.41) is 5.36. The predicted octanol–water partition coefficient (Wildman–Crippen LogP) is 2.52. The number of aromatic nitrogens is 1. The molecule has 1 aromatic carbocycles. The molecular formula is C11H10ClFN2OS. The van der Waals surface area contributed by atoms with Gasteiger partial charge >= 0.3 is 4.87 Å². The molecule has 0 aliphatic heterocycles. The number of hydrogen-bond acceptors (Lipinski definition) is 3. The fraction of sp³-hybridized carbons (Fsp3) is 0.182. The molecule has 1 aromatic heterocycles. The molecule has 0 amide bonds. The minimum absolute atomic E-state index is 0.0782. The summed E-state index contributed by atoms with van der Waals surface area (Å²) in [4.78, 5) is 13.5. The molecule has 0 saturated heterocycles. The van der Waals surface area contributed by atoms with Crippen molar-refractivity contribution < 1.29 is 4.39 Å². The highest BCUT2D eigenvalue weighted by atomic mass is 35.5.